The first kappa shape index (κ1) is 51.6. The molecule has 0 fully saturated rings. The van der Waals surface area contributed by atoms with Gasteiger partial charge in [0.1, 0.15) is 33.5 Å². The van der Waals surface area contributed by atoms with Crippen LogP contribution in [-0.4, -0.2) is 0 Å². The highest BCUT2D eigenvalue weighted by Gasteiger charge is 2.31. The lowest BCUT2D eigenvalue weighted by molar-refractivity contribution is 0.590. The number of hydrogen-bond donors (Lipinski definition) is 0. The van der Waals surface area contributed by atoms with Gasteiger partial charge in [0, 0.05) is 77.0 Å². The Hall–Kier alpha value is -10.8. The quantitative estimate of drug-likeness (QED) is 0.151. The van der Waals surface area contributed by atoms with Gasteiger partial charge >= 0.3 is 0 Å². The minimum absolute atomic E-state index is 0.156. The fourth-order valence-corrected chi connectivity index (χ4v) is 14.0. The molecule has 6 heteroatoms. The van der Waals surface area contributed by atoms with E-state index in [0.29, 0.717) is 0 Å². The monoisotopic (exact) mass is 1140 g/mol. The first-order valence-electron chi connectivity index (χ1n) is 30.4. The first-order chi connectivity index (χ1) is 42.9. The molecule has 0 saturated carbocycles. The molecule has 4 heterocycles. The van der Waals surface area contributed by atoms with Gasteiger partial charge < -0.3 is 27.5 Å². The van der Waals surface area contributed by atoms with Crippen LogP contribution in [0.25, 0.3) is 132 Å². The lowest BCUT2D eigenvalue weighted by Crippen LogP contribution is -2.19. The molecule has 0 aliphatic heterocycles. The van der Waals surface area contributed by atoms with E-state index in [1.807, 2.05) is 12.1 Å². The third-order valence-corrected chi connectivity index (χ3v) is 18.0. The average molecular weight is 1140 g/mol. The van der Waals surface area contributed by atoms with Crippen molar-refractivity contribution in [2.45, 2.75) is 52.4 Å². The molecule has 0 unspecified atom stereocenters. The number of nitrogens with zero attached hydrogens (tertiary/aromatic N) is 2. The van der Waals surface area contributed by atoms with E-state index < -0.39 is 0 Å². The van der Waals surface area contributed by atoms with E-state index in [9.17, 15) is 0 Å². The second kappa shape index (κ2) is 19.3. The fourth-order valence-electron chi connectivity index (χ4n) is 14.0. The summed E-state index contributed by atoms with van der Waals surface area (Å²) in [6.07, 6.45) is 0. The van der Waals surface area contributed by atoms with E-state index in [4.69, 9.17) is 17.7 Å². The van der Waals surface area contributed by atoms with Crippen LogP contribution < -0.4 is 9.80 Å². The molecule has 0 radical (unpaired) electrons. The van der Waals surface area contributed by atoms with Gasteiger partial charge in [0.25, 0.3) is 0 Å². The standard InChI is InChI=1S/C82H60N2O4/c1-81(2,3)63-31-15-17-33-65(63)83(67-35-21-29-59-57-27-13-19-37-69(57)85-77(59)67)55-41-39-51-45-61-71(47-53(51)43-55)87-79-74(50-25-11-8-12-26-50)76-62-46-52-40-42-56(44-54(52)48-72(62)88-80(76)73(75(61)79)49-23-9-7-10-24-49)84(66-34-18-16-32-64(66)82(4,5)6)68-36-22-30-60-58-28-14-20-38-70(58)86-78(60)68/h7-48H,1-6H3. The molecule has 6 nitrogen and oxygen atoms in total. The van der Waals surface area contributed by atoms with Crippen molar-refractivity contribution < 1.29 is 17.7 Å². The number of furan rings is 4. The molecule has 13 aromatic carbocycles. The lowest BCUT2D eigenvalue weighted by atomic mass is 9.85. The molecule has 88 heavy (non-hydrogen) atoms. The number of hydrogen-bond acceptors (Lipinski definition) is 6. The summed E-state index contributed by atoms with van der Waals surface area (Å²) in [5.41, 5.74) is 19.0. The molecule has 0 aliphatic rings. The van der Waals surface area contributed by atoms with E-state index >= 15 is 0 Å². The predicted octanol–water partition coefficient (Wildman–Crippen LogP) is 24.5. The van der Waals surface area contributed by atoms with Crippen molar-refractivity contribution in [3.63, 3.8) is 0 Å². The highest BCUT2D eigenvalue weighted by atomic mass is 16.3. The zero-order valence-electron chi connectivity index (χ0n) is 49.8. The summed E-state index contributed by atoms with van der Waals surface area (Å²) in [5, 5.41) is 12.7. The minimum Gasteiger partial charge on any atom is -0.455 e. The van der Waals surface area contributed by atoms with E-state index in [-0.39, 0.29) is 10.8 Å². The molecule has 17 rings (SSSR count). The van der Waals surface area contributed by atoms with Crippen LogP contribution in [0.3, 0.4) is 0 Å². The zero-order valence-corrected chi connectivity index (χ0v) is 49.8. The van der Waals surface area contributed by atoms with Crippen LogP contribution in [0.15, 0.2) is 272 Å². The summed E-state index contributed by atoms with van der Waals surface area (Å²) in [4.78, 5) is 4.76. The Morgan fingerprint density at radius 2 is 0.625 bits per heavy atom. The Balaban J connectivity index is 0.892. The maximum absolute atomic E-state index is 7.47. The zero-order chi connectivity index (χ0) is 59.2. The summed E-state index contributed by atoms with van der Waals surface area (Å²) in [5.74, 6) is 0. The van der Waals surface area contributed by atoms with Crippen molar-refractivity contribution in [2.75, 3.05) is 9.80 Å². The van der Waals surface area contributed by atoms with Crippen molar-refractivity contribution in [2.24, 2.45) is 0 Å². The van der Waals surface area contributed by atoms with Gasteiger partial charge in [0.15, 0.2) is 11.2 Å². The van der Waals surface area contributed by atoms with E-state index in [0.717, 1.165) is 166 Å². The van der Waals surface area contributed by atoms with Gasteiger partial charge in [0.2, 0.25) is 0 Å². The first-order valence-corrected chi connectivity index (χ1v) is 30.4. The van der Waals surface area contributed by atoms with Crippen LogP contribution in [0.4, 0.5) is 34.1 Å². The number of para-hydroxylation sites is 6. The Bertz CT molecular complexity index is 5320. The summed E-state index contributed by atoms with van der Waals surface area (Å²) >= 11 is 0. The predicted molar refractivity (Wildman–Crippen MR) is 368 cm³/mol. The van der Waals surface area contributed by atoms with Gasteiger partial charge in [-0.05, 0) is 140 Å². The molecule has 0 saturated heterocycles. The number of fused-ring (bicyclic) bond motifs is 14. The largest absolute Gasteiger partial charge is 0.455 e. The Kier molecular flexibility index (Phi) is 11.3. The van der Waals surface area contributed by atoms with Crippen LogP contribution in [0.1, 0.15) is 52.7 Å². The van der Waals surface area contributed by atoms with Crippen LogP contribution in [-0.2, 0) is 10.8 Å². The molecular formula is C82H60N2O4. The smallest absolute Gasteiger partial charge is 0.159 e. The molecule has 0 atom stereocenters. The normalized spacial score (nSPS) is 12.4. The van der Waals surface area contributed by atoms with Gasteiger partial charge in [0.05, 0.1) is 11.4 Å². The summed E-state index contributed by atoms with van der Waals surface area (Å²) in [6, 6.07) is 91.2. The fraction of sp³-hybridized carbons (Fsp3) is 0.0976. The third kappa shape index (κ3) is 8.02. The minimum atomic E-state index is -0.156. The molecule has 0 amide bonds. The number of benzene rings is 13. The molecule has 0 aliphatic carbocycles. The van der Waals surface area contributed by atoms with E-state index in [1.165, 1.54) is 11.1 Å². The Morgan fingerprint density at radius 1 is 0.261 bits per heavy atom. The molecule has 0 N–H and O–H groups in total. The maximum Gasteiger partial charge on any atom is 0.159 e. The highest BCUT2D eigenvalue weighted by molar-refractivity contribution is 6.31. The van der Waals surface area contributed by atoms with E-state index in [1.54, 1.807) is 0 Å². The molecule has 422 valence electrons. The van der Waals surface area contributed by atoms with Crippen molar-refractivity contribution in [1.29, 1.82) is 0 Å². The van der Waals surface area contributed by atoms with Crippen LogP contribution in [0.2, 0.25) is 0 Å². The molecule has 0 bridgehead atoms. The van der Waals surface area contributed by atoms with Gasteiger partial charge in [-0.3, -0.25) is 0 Å². The van der Waals surface area contributed by atoms with Gasteiger partial charge in [-0.15, -0.1) is 0 Å². The van der Waals surface area contributed by atoms with Crippen molar-refractivity contribution in [3.05, 3.63) is 266 Å². The molecule has 4 aromatic heterocycles. The van der Waals surface area contributed by atoms with Crippen molar-refractivity contribution >= 4 is 143 Å². The summed E-state index contributed by atoms with van der Waals surface area (Å²) in [7, 11) is 0. The third-order valence-electron chi connectivity index (χ3n) is 18.0. The second-order valence-electron chi connectivity index (χ2n) is 25.6. The van der Waals surface area contributed by atoms with Gasteiger partial charge in [-0.1, -0.05) is 211 Å². The number of rotatable bonds is 8. The Morgan fingerprint density at radius 3 is 1.06 bits per heavy atom. The van der Waals surface area contributed by atoms with Gasteiger partial charge in [-0.2, -0.15) is 0 Å². The topological polar surface area (TPSA) is 59.0 Å². The number of anilines is 6. The highest BCUT2D eigenvalue weighted by Crippen LogP contribution is 2.54. The van der Waals surface area contributed by atoms with E-state index in [2.05, 4.69) is 294 Å². The van der Waals surface area contributed by atoms with Crippen molar-refractivity contribution in [3.8, 4) is 22.3 Å². The van der Waals surface area contributed by atoms with Crippen LogP contribution in [0, 0.1) is 0 Å². The molecule has 17 aromatic rings. The molecule has 0 spiro atoms. The Labute approximate surface area is 508 Å². The summed E-state index contributed by atoms with van der Waals surface area (Å²) in [6.45, 7) is 13.7. The van der Waals surface area contributed by atoms with Crippen LogP contribution >= 0.6 is 0 Å². The van der Waals surface area contributed by atoms with Crippen LogP contribution in [0.5, 0.6) is 0 Å². The summed E-state index contributed by atoms with van der Waals surface area (Å²) < 4.78 is 28.5. The van der Waals surface area contributed by atoms with Crippen molar-refractivity contribution in [1.82, 2.24) is 0 Å². The maximum atomic E-state index is 7.47. The SMILES string of the molecule is CC(C)(C)c1ccccc1N(c1ccc2cc3c(cc2c1)oc1c(-c2ccccc2)c2c(oc4cc5cc(N(c6ccccc6C(C)(C)C)c6cccc7c6oc6ccccc67)ccc5cc42)c(-c2ccccc2)c13)c1cccc2c1oc1ccccc12. The van der Waals surface area contributed by atoms with Gasteiger partial charge in [-0.25, -0.2) is 0 Å². The lowest BCUT2D eigenvalue weighted by Gasteiger charge is -2.32. The second-order valence-corrected chi connectivity index (χ2v) is 25.6. The molecular weight excluding hydrogens is 1080 g/mol. The average Bonchev–Trinajstić information content (AvgIpc) is 1.54.